The molecule has 2 unspecified atom stereocenters. The highest BCUT2D eigenvalue weighted by molar-refractivity contribution is 5.78. The van der Waals surface area contributed by atoms with Crippen LogP contribution in [0.3, 0.4) is 0 Å². The van der Waals surface area contributed by atoms with E-state index >= 15 is 0 Å². The molecule has 0 radical (unpaired) electrons. The number of hydrogen-bond donors (Lipinski definition) is 1. The van der Waals surface area contributed by atoms with E-state index in [0.29, 0.717) is 5.41 Å². The zero-order valence-electron chi connectivity index (χ0n) is 16.0. The van der Waals surface area contributed by atoms with Crippen molar-refractivity contribution in [1.29, 1.82) is 0 Å². The standard InChI is InChI=1S/C22H37NO/c1-4-14-13-18(20(23)24)22(3)12-10-17-16(19(14)22)9-8-15-7-5-6-11-21(15,17)2/h14-19H,4-13H2,1-3H3,(H2,23,24)/t14?,15-,16-,17+,18?,19+,21+,22-/m1/s1. The highest BCUT2D eigenvalue weighted by Gasteiger charge is 2.62. The average molecular weight is 332 g/mol. The quantitative estimate of drug-likeness (QED) is 0.746. The third-order valence-electron chi connectivity index (χ3n) is 9.59. The molecular weight excluding hydrogens is 294 g/mol. The third-order valence-corrected chi connectivity index (χ3v) is 9.59. The SMILES string of the molecule is CCC1CC(C(N)=O)[C@@]2(C)CC[C@H]3[C@@H](CC[C@H]4CCCC[C@@]43C)[C@H]12. The third kappa shape index (κ3) is 2.16. The smallest absolute Gasteiger partial charge is 0.221 e. The van der Waals surface area contributed by atoms with Crippen LogP contribution in [0, 0.1) is 46.3 Å². The summed E-state index contributed by atoms with van der Waals surface area (Å²) in [6.07, 6.45) is 13.6. The Morgan fingerprint density at radius 2 is 1.83 bits per heavy atom. The van der Waals surface area contributed by atoms with Crippen LogP contribution in [0.1, 0.15) is 85.0 Å². The number of amides is 1. The molecule has 24 heavy (non-hydrogen) atoms. The monoisotopic (exact) mass is 331 g/mol. The second-order valence-corrected chi connectivity index (χ2v) is 10.2. The van der Waals surface area contributed by atoms with Gasteiger partial charge in [-0.05, 0) is 85.4 Å². The van der Waals surface area contributed by atoms with E-state index in [9.17, 15) is 4.79 Å². The molecule has 4 aliphatic carbocycles. The van der Waals surface area contributed by atoms with Gasteiger partial charge in [-0.2, -0.15) is 0 Å². The van der Waals surface area contributed by atoms with E-state index in [1.807, 2.05) is 0 Å². The summed E-state index contributed by atoms with van der Waals surface area (Å²) in [6, 6.07) is 0. The predicted octanol–water partition coefficient (Wildman–Crippen LogP) is 5.16. The summed E-state index contributed by atoms with van der Waals surface area (Å²) in [5.74, 6) is 4.33. The van der Waals surface area contributed by atoms with Crippen LogP contribution in [0.2, 0.25) is 0 Å². The molecule has 2 nitrogen and oxygen atoms in total. The van der Waals surface area contributed by atoms with Gasteiger partial charge in [0, 0.05) is 5.92 Å². The van der Waals surface area contributed by atoms with Crippen molar-refractivity contribution >= 4 is 5.91 Å². The number of fused-ring (bicyclic) bond motifs is 5. The fourth-order valence-corrected chi connectivity index (χ4v) is 8.45. The maximum atomic E-state index is 12.2. The first-order chi connectivity index (χ1) is 11.4. The molecule has 0 aromatic rings. The topological polar surface area (TPSA) is 43.1 Å². The predicted molar refractivity (Wildman–Crippen MR) is 98.2 cm³/mol. The van der Waals surface area contributed by atoms with Crippen molar-refractivity contribution in [3.8, 4) is 0 Å². The molecule has 0 aliphatic heterocycles. The largest absolute Gasteiger partial charge is 0.369 e. The first kappa shape index (κ1) is 16.9. The van der Waals surface area contributed by atoms with Crippen molar-refractivity contribution in [3.63, 3.8) is 0 Å². The molecule has 4 rings (SSSR count). The highest BCUT2D eigenvalue weighted by Crippen LogP contribution is 2.68. The lowest BCUT2D eigenvalue weighted by atomic mass is 9.44. The van der Waals surface area contributed by atoms with Gasteiger partial charge < -0.3 is 5.73 Å². The molecule has 0 aromatic carbocycles. The van der Waals surface area contributed by atoms with Gasteiger partial charge >= 0.3 is 0 Å². The molecule has 2 heteroatoms. The first-order valence-electron chi connectivity index (χ1n) is 10.7. The van der Waals surface area contributed by atoms with Crippen molar-refractivity contribution in [2.75, 3.05) is 0 Å². The van der Waals surface area contributed by atoms with E-state index in [2.05, 4.69) is 20.8 Å². The summed E-state index contributed by atoms with van der Waals surface area (Å²) in [5, 5.41) is 0. The van der Waals surface area contributed by atoms with Crippen molar-refractivity contribution < 1.29 is 4.79 Å². The van der Waals surface area contributed by atoms with Gasteiger partial charge in [0.2, 0.25) is 5.91 Å². The molecule has 4 fully saturated rings. The van der Waals surface area contributed by atoms with Gasteiger partial charge in [0.15, 0.2) is 0 Å². The Kier molecular flexibility index (Phi) is 4.05. The summed E-state index contributed by atoms with van der Waals surface area (Å²) in [4.78, 5) is 12.2. The summed E-state index contributed by atoms with van der Waals surface area (Å²) in [6.45, 7) is 7.40. The fraction of sp³-hybridized carbons (Fsp3) is 0.955. The van der Waals surface area contributed by atoms with Crippen LogP contribution in [0.25, 0.3) is 0 Å². The van der Waals surface area contributed by atoms with Gasteiger partial charge in [0.05, 0.1) is 0 Å². The zero-order chi connectivity index (χ0) is 17.1. The van der Waals surface area contributed by atoms with Crippen LogP contribution in [-0.2, 0) is 4.79 Å². The molecule has 8 atom stereocenters. The Morgan fingerprint density at radius 1 is 1.04 bits per heavy atom. The first-order valence-corrected chi connectivity index (χ1v) is 10.7. The van der Waals surface area contributed by atoms with Crippen molar-refractivity contribution in [1.82, 2.24) is 0 Å². The van der Waals surface area contributed by atoms with Gasteiger partial charge in [0.1, 0.15) is 0 Å². The number of primary amides is 1. The molecule has 0 aromatic heterocycles. The number of hydrogen-bond acceptors (Lipinski definition) is 1. The molecule has 1 amide bonds. The average Bonchev–Trinajstić information content (AvgIpc) is 2.87. The van der Waals surface area contributed by atoms with Crippen LogP contribution in [0.5, 0.6) is 0 Å². The van der Waals surface area contributed by atoms with Crippen LogP contribution in [-0.4, -0.2) is 5.91 Å². The lowest BCUT2D eigenvalue weighted by molar-refractivity contribution is -0.136. The van der Waals surface area contributed by atoms with Crippen molar-refractivity contribution in [2.45, 2.75) is 85.0 Å². The number of carbonyl (C=O) groups is 1. The van der Waals surface area contributed by atoms with E-state index in [4.69, 9.17) is 5.73 Å². The van der Waals surface area contributed by atoms with Crippen LogP contribution in [0.4, 0.5) is 0 Å². The van der Waals surface area contributed by atoms with E-state index in [0.717, 1.165) is 36.0 Å². The molecule has 0 saturated heterocycles. The number of carbonyl (C=O) groups excluding carboxylic acids is 1. The zero-order valence-corrected chi connectivity index (χ0v) is 16.0. The van der Waals surface area contributed by atoms with Gasteiger partial charge in [-0.15, -0.1) is 0 Å². The van der Waals surface area contributed by atoms with Crippen molar-refractivity contribution in [2.24, 2.45) is 52.1 Å². The Labute approximate surface area is 148 Å². The molecule has 0 heterocycles. The molecule has 2 N–H and O–H groups in total. The van der Waals surface area contributed by atoms with Gasteiger partial charge in [-0.3, -0.25) is 4.79 Å². The summed E-state index contributed by atoms with van der Waals surface area (Å²) in [5.41, 5.74) is 6.64. The van der Waals surface area contributed by atoms with E-state index in [-0.39, 0.29) is 17.2 Å². The normalized spacial score (nSPS) is 53.8. The van der Waals surface area contributed by atoms with Gasteiger partial charge in [0.25, 0.3) is 0 Å². The molecule has 136 valence electrons. The summed E-state index contributed by atoms with van der Waals surface area (Å²) >= 11 is 0. The Bertz CT molecular complexity index is 516. The van der Waals surface area contributed by atoms with Gasteiger partial charge in [-0.25, -0.2) is 0 Å². The minimum Gasteiger partial charge on any atom is -0.369 e. The Morgan fingerprint density at radius 3 is 2.54 bits per heavy atom. The molecule has 0 bridgehead atoms. The van der Waals surface area contributed by atoms with Crippen LogP contribution in [0.15, 0.2) is 0 Å². The number of rotatable bonds is 2. The highest BCUT2D eigenvalue weighted by atomic mass is 16.1. The minimum absolute atomic E-state index is 0.0190. The maximum Gasteiger partial charge on any atom is 0.221 e. The molecular formula is C22H37NO. The molecule has 4 saturated carbocycles. The lowest BCUT2D eigenvalue weighted by Crippen LogP contribution is -2.54. The second kappa shape index (κ2) is 5.74. The molecule has 4 aliphatic rings. The summed E-state index contributed by atoms with van der Waals surface area (Å²) in [7, 11) is 0. The second-order valence-electron chi connectivity index (χ2n) is 10.2. The lowest BCUT2D eigenvalue weighted by Gasteiger charge is -2.61. The Balaban J connectivity index is 1.68. The van der Waals surface area contributed by atoms with Crippen LogP contribution >= 0.6 is 0 Å². The minimum atomic E-state index is -0.0190. The Hall–Kier alpha value is -0.530. The maximum absolute atomic E-state index is 12.2. The fourth-order valence-electron chi connectivity index (χ4n) is 8.45. The number of nitrogens with two attached hydrogens (primary N) is 1. The van der Waals surface area contributed by atoms with Gasteiger partial charge in [-0.1, -0.05) is 40.0 Å². The van der Waals surface area contributed by atoms with Crippen LogP contribution < -0.4 is 5.73 Å². The van der Waals surface area contributed by atoms with Crippen molar-refractivity contribution in [3.05, 3.63) is 0 Å². The summed E-state index contributed by atoms with van der Waals surface area (Å²) < 4.78 is 0. The van der Waals surface area contributed by atoms with E-state index in [1.54, 1.807) is 0 Å². The molecule has 0 spiro atoms. The van der Waals surface area contributed by atoms with E-state index in [1.165, 1.54) is 57.8 Å². The van der Waals surface area contributed by atoms with E-state index < -0.39 is 0 Å².